The largest absolute Gasteiger partial charge is 0.494 e. The van der Waals surface area contributed by atoms with Crippen LogP contribution in [0.2, 0.25) is 0 Å². The lowest BCUT2D eigenvalue weighted by atomic mass is 10.1. The van der Waals surface area contributed by atoms with E-state index in [0.717, 1.165) is 24.3 Å². The zero-order valence-corrected chi connectivity index (χ0v) is 26.4. The number of hydrogen-bond acceptors (Lipinski definition) is 4. The van der Waals surface area contributed by atoms with E-state index >= 15 is 0 Å². The predicted molar refractivity (Wildman–Crippen MR) is 173 cm³/mol. The minimum atomic E-state index is -0.380. The molecule has 2 amide bonds. The van der Waals surface area contributed by atoms with Crippen molar-refractivity contribution in [3.8, 4) is 11.5 Å². The van der Waals surface area contributed by atoms with E-state index in [0.29, 0.717) is 24.3 Å². The summed E-state index contributed by atoms with van der Waals surface area (Å²) in [5, 5.41) is 0. The van der Waals surface area contributed by atoms with E-state index in [9.17, 15) is 9.59 Å². The number of unbranched alkanes of at least 4 members (excludes halogenated alkanes) is 16. The zero-order chi connectivity index (χ0) is 30.1. The van der Waals surface area contributed by atoms with Gasteiger partial charge in [-0.25, -0.2) is 0 Å². The minimum absolute atomic E-state index is 0.380. The average molecular weight is 581 g/mol. The number of amides is 2. The Bertz CT molecular complexity index is 880. The van der Waals surface area contributed by atoms with Gasteiger partial charge in [-0.05, 0) is 61.4 Å². The van der Waals surface area contributed by atoms with Crippen molar-refractivity contribution in [2.45, 2.75) is 129 Å². The second-order valence-electron chi connectivity index (χ2n) is 11.3. The Balaban J connectivity index is 1.55. The fourth-order valence-electron chi connectivity index (χ4n) is 4.87. The lowest BCUT2D eigenvalue weighted by molar-refractivity contribution is 0.0846. The first kappa shape index (κ1) is 35.2. The highest BCUT2D eigenvalue weighted by Crippen LogP contribution is 2.16. The van der Waals surface area contributed by atoms with Crippen LogP contribution in [0.1, 0.15) is 150 Å². The van der Waals surface area contributed by atoms with Gasteiger partial charge in [-0.2, -0.15) is 0 Å². The molecule has 2 N–H and O–H groups in total. The second-order valence-corrected chi connectivity index (χ2v) is 11.3. The molecular weight excluding hydrogens is 524 g/mol. The molecule has 0 aliphatic rings. The van der Waals surface area contributed by atoms with Crippen molar-refractivity contribution >= 4 is 11.8 Å². The molecule has 0 aromatic heterocycles. The first-order valence-electron chi connectivity index (χ1n) is 16.7. The van der Waals surface area contributed by atoms with Crippen molar-refractivity contribution in [1.29, 1.82) is 0 Å². The SMILES string of the molecule is CCCCCCCCCCCOc1ccc(C(=O)NNC(=O)c2ccc(OCCCCCCCCCCC)cc2)cc1. The molecule has 6 nitrogen and oxygen atoms in total. The van der Waals surface area contributed by atoms with Crippen molar-refractivity contribution in [3.63, 3.8) is 0 Å². The van der Waals surface area contributed by atoms with E-state index in [4.69, 9.17) is 9.47 Å². The molecule has 2 rings (SSSR count). The number of carbonyl (C=O) groups excluding carboxylic acids is 2. The molecule has 0 bridgehead atoms. The number of hydrogen-bond donors (Lipinski definition) is 2. The smallest absolute Gasteiger partial charge is 0.269 e. The molecule has 0 saturated carbocycles. The van der Waals surface area contributed by atoms with Gasteiger partial charge in [0.2, 0.25) is 0 Å². The van der Waals surface area contributed by atoms with Crippen LogP contribution in [0.5, 0.6) is 11.5 Å². The Hall–Kier alpha value is -3.02. The summed E-state index contributed by atoms with van der Waals surface area (Å²) in [6, 6.07) is 14.0. The van der Waals surface area contributed by atoms with Gasteiger partial charge >= 0.3 is 0 Å². The standard InChI is InChI=1S/C36H56N2O4/c1-3-5-7-9-11-13-15-17-19-29-41-33-25-21-31(22-26-33)35(39)37-38-36(40)32-23-27-34(28-24-32)42-30-20-18-16-14-12-10-8-6-4-2/h21-28H,3-20,29-30H2,1-2H3,(H,37,39)(H,38,40). The molecule has 42 heavy (non-hydrogen) atoms. The van der Waals surface area contributed by atoms with Crippen LogP contribution in [0.15, 0.2) is 48.5 Å². The minimum Gasteiger partial charge on any atom is -0.494 e. The van der Waals surface area contributed by atoms with Gasteiger partial charge in [-0.3, -0.25) is 20.4 Å². The van der Waals surface area contributed by atoms with E-state index in [1.807, 2.05) is 0 Å². The summed E-state index contributed by atoms with van der Waals surface area (Å²) in [7, 11) is 0. The summed E-state index contributed by atoms with van der Waals surface area (Å²) < 4.78 is 11.6. The predicted octanol–water partition coefficient (Wildman–Crippen LogP) is 9.58. The fraction of sp³-hybridized carbons (Fsp3) is 0.611. The van der Waals surface area contributed by atoms with Crippen LogP contribution in [0.25, 0.3) is 0 Å². The van der Waals surface area contributed by atoms with Crippen molar-refractivity contribution in [1.82, 2.24) is 10.9 Å². The molecule has 2 aromatic carbocycles. The number of nitrogens with one attached hydrogen (secondary N) is 2. The first-order valence-corrected chi connectivity index (χ1v) is 16.7. The maximum atomic E-state index is 12.5. The molecule has 0 aliphatic carbocycles. The van der Waals surface area contributed by atoms with E-state index in [1.54, 1.807) is 48.5 Å². The molecule has 0 heterocycles. The van der Waals surface area contributed by atoms with Gasteiger partial charge in [0, 0.05) is 11.1 Å². The molecular formula is C36H56N2O4. The molecule has 0 atom stereocenters. The number of hydrazine groups is 1. The molecule has 234 valence electrons. The van der Waals surface area contributed by atoms with Crippen LogP contribution in [-0.4, -0.2) is 25.0 Å². The molecule has 6 heteroatoms. The average Bonchev–Trinajstić information content (AvgIpc) is 3.02. The van der Waals surface area contributed by atoms with Crippen LogP contribution in [0.3, 0.4) is 0 Å². The van der Waals surface area contributed by atoms with Crippen molar-refractivity contribution in [3.05, 3.63) is 59.7 Å². The molecule has 0 aliphatic heterocycles. The third-order valence-electron chi connectivity index (χ3n) is 7.56. The van der Waals surface area contributed by atoms with E-state index in [2.05, 4.69) is 24.7 Å². The third-order valence-corrected chi connectivity index (χ3v) is 7.56. The third kappa shape index (κ3) is 16.4. The summed E-state index contributed by atoms with van der Waals surface area (Å²) >= 11 is 0. The van der Waals surface area contributed by atoms with Gasteiger partial charge in [0.1, 0.15) is 11.5 Å². The normalized spacial score (nSPS) is 10.8. The van der Waals surface area contributed by atoms with Crippen molar-refractivity contribution in [2.75, 3.05) is 13.2 Å². The molecule has 2 aromatic rings. The van der Waals surface area contributed by atoms with Crippen LogP contribution < -0.4 is 20.3 Å². The Morgan fingerprint density at radius 3 is 1.05 bits per heavy atom. The lowest BCUT2D eigenvalue weighted by Gasteiger charge is -2.10. The van der Waals surface area contributed by atoms with E-state index in [1.165, 1.54) is 103 Å². The van der Waals surface area contributed by atoms with Gasteiger partial charge in [-0.1, -0.05) is 117 Å². The molecule has 0 unspecified atom stereocenters. The van der Waals surface area contributed by atoms with Crippen LogP contribution in [0, 0.1) is 0 Å². The fourth-order valence-corrected chi connectivity index (χ4v) is 4.87. The van der Waals surface area contributed by atoms with Crippen molar-refractivity contribution < 1.29 is 19.1 Å². The quantitative estimate of drug-likeness (QED) is 0.0957. The van der Waals surface area contributed by atoms with E-state index in [-0.39, 0.29) is 11.8 Å². The highest BCUT2D eigenvalue weighted by molar-refractivity contribution is 5.99. The summed E-state index contributed by atoms with van der Waals surface area (Å²) in [5.41, 5.74) is 5.86. The molecule has 0 fully saturated rings. The van der Waals surface area contributed by atoms with Crippen molar-refractivity contribution in [2.24, 2.45) is 0 Å². The summed E-state index contributed by atoms with van der Waals surface area (Å²) in [6.07, 6.45) is 23.0. The van der Waals surface area contributed by atoms with Gasteiger partial charge in [0.05, 0.1) is 13.2 Å². The lowest BCUT2D eigenvalue weighted by Crippen LogP contribution is -2.41. The van der Waals surface area contributed by atoms with Crippen LogP contribution >= 0.6 is 0 Å². The monoisotopic (exact) mass is 580 g/mol. The maximum absolute atomic E-state index is 12.5. The Labute approximate surface area is 255 Å². The summed E-state index contributed by atoms with van der Waals surface area (Å²) in [6.45, 7) is 5.86. The molecule has 0 radical (unpaired) electrons. The Kier molecular flexibility index (Phi) is 19.7. The number of rotatable bonds is 24. The molecule has 0 saturated heterocycles. The first-order chi connectivity index (χ1) is 20.6. The van der Waals surface area contributed by atoms with Gasteiger partial charge in [0.25, 0.3) is 11.8 Å². The maximum Gasteiger partial charge on any atom is 0.269 e. The Morgan fingerprint density at radius 2 is 0.738 bits per heavy atom. The van der Waals surface area contributed by atoms with E-state index < -0.39 is 0 Å². The highest BCUT2D eigenvalue weighted by Gasteiger charge is 2.10. The van der Waals surface area contributed by atoms with Crippen LogP contribution in [0.4, 0.5) is 0 Å². The van der Waals surface area contributed by atoms with Gasteiger partial charge in [-0.15, -0.1) is 0 Å². The number of carbonyl (C=O) groups is 2. The van der Waals surface area contributed by atoms with Gasteiger partial charge in [0.15, 0.2) is 0 Å². The number of benzene rings is 2. The van der Waals surface area contributed by atoms with Crippen LogP contribution in [-0.2, 0) is 0 Å². The molecule has 0 spiro atoms. The Morgan fingerprint density at radius 1 is 0.452 bits per heavy atom. The second kappa shape index (κ2) is 23.5. The highest BCUT2D eigenvalue weighted by atomic mass is 16.5. The summed E-state index contributed by atoms with van der Waals surface area (Å²) in [5.74, 6) is 0.732. The topological polar surface area (TPSA) is 76.7 Å². The summed E-state index contributed by atoms with van der Waals surface area (Å²) in [4.78, 5) is 24.9. The zero-order valence-electron chi connectivity index (χ0n) is 26.4. The number of ether oxygens (including phenoxy) is 2. The van der Waals surface area contributed by atoms with Gasteiger partial charge < -0.3 is 9.47 Å².